The molecule has 104 valence electrons. The van der Waals surface area contributed by atoms with Crippen LogP contribution in [-0.4, -0.2) is 11.9 Å². The molecule has 4 atom stereocenters. The second-order valence-corrected chi connectivity index (χ2v) is 6.23. The van der Waals surface area contributed by atoms with Gasteiger partial charge in [-0.05, 0) is 36.5 Å². The standard InChI is InChI=1S/C15H14BrNO3/c16-10-2-1-3-11(7-10)17-14(18)12-8-4-5-9(6-8)13(12)15(19)20/h1-5,7-9,12-13H,6H2,(H,17,18)(H,19,20)/p-1/t8-,9-,12+,13+/m0/s1. The highest BCUT2D eigenvalue weighted by Gasteiger charge is 2.48. The molecular formula is C15H13BrNO3-. The number of halogens is 1. The van der Waals surface area contributed by atoms with Crippen molar-refractivity contribution in [2.75, 3.05) is 5.32 Å². The third kappa shape index (κ3) is 2.26. The molecule has 1 aromatic carbocycles. The number of amides is 1. The Bertz CT molecular complexity index is 599. The minimum Gasteiger partial charge on any atom is -0.550 e. The SMILES string of the molecule is O=C([O-])[C@H]1[C@H](C(=O)Nc2cccc(Br)c2)[C@H]2C=C[C@H]1C2. The predicted molar refractivity (Wildman–Crippen MR) is 75.5 cm³/mol. The Balaban J connectivity index is 1.80. The molecule has 0 heterocycles. The first-order valence-electron chi connectivity index (χ1n) is 6.52. The molecule has 1 saturated carbocycles. The molecule has 0 unspecified atom stereocenters. The lowest BCUT2D eigenvalue weighted by molar-refractivity contribution is -0.313. The van der Waals surface area contributed by atoms with Crippen LogP contribution in [-0.2, 0) is 9.59 Å². The number of carbonyl (C=O) groups is 2. The zero-order valence-electron chi connectivity index (χ0n) is 10.6. The maximum absolute atomic E-state index is 12.4. The molecule has 1 N–H and O–H groups in total. The Morgan fingerprint density at radius 3 is 2.55 bits per heavy atom. The average molecular weight is 335 g/mol. The third-order valence-electron chi connectivity index (χ3n) is 4.13. The molecule has 5 heteroatoms. The number of benzene rings is 1. The number of fused-ring (bicyclic) bond motifs is 2. The summed E-state index contributed by atoms with van der Waals surface area (Å²) < 4.78 is 0.861. The van der Waals surface area contributed by atoms with Crippen LogP contribution in [0.15, 0.2) is 40.9 Å². The van der Waals surface area contributed by atoms with E-state index < -0.39 is 17.8 Å². The molecule has 1 aromatic rings. The zero-order valence-corrected chi connectivity index (χ0v) is 12.2. The van der Waals surface area contributed by atoms with Gasteiger partial charge in [0.1, 0.15) is 0 Å². The van der Waals surface area contributed by atoms with E-state index in [9.17, 15) is 14.7 Å². The van der Waals surface area contributed by atoms with Crippen LogP contribution in [0.25, 0.3) is 0 Å². The second kappa shape index (κ2) is 5.05. The highest BCUT2D eigenvalue weighted by atomic mass is 79.9. The van der Waals surface area contributed by atoms with Crippen molar-refractivity contribution >= 4 is 33.5 Å². The third-order valence-corrected chi connectivity index (χ3v) is 4.62. The van der Waals surface area contributed by atoms with Crippen molar-refractivity contribution in [3.8, 4) is 0 Å². The molecule has 3 rings (SSSR count). The monoisotopic (exact) mass is 334 g/mol. The van der Waals surface area contributed by atoms with E-state index in [1.807, 2.05) is 24.3 Å². The van der Waals surface area contributed by atoms with Crippen molar-refractivity contribution in [2.45, 2.75) is 6.42 Å². The molecule has 1 fully saturated rings. The summed E-state index contributed by atoms with van der Waals surface area (Å²) in [5, 5.41) is 14.1. The maximum Gasteiger partial charge on any atom is 0.228 e. The zero-order chi connectivity index (χ0) is 14.3. The second-order valence-electron chi connectivity index (χ2n) is 5.32. The molecule has 2 aliphatic rings. The number of nitrogens with one attached hydrogen (secondary N) is 1. The minimum atomic E-state index is -1.13. The molecule has 4 nitrogen and oxygen atoms in total. The largest absolute Gasteiger partial charge is 0.550 e. The van der Waals surface area contributed by atoms with E-state index in [-0.39, 0.29) is 17.7 Å². The van der Waals surface area contributed by atoms with Crippen molar-refractivity contribution in [1.29, 1.82) is 0 Å². The van der Waals surface area contributed by atoms with Gasteiger partial charge in [-0.1, -0.05) is 34.1 Å². The maximum atomic E-state index is 12.4. The lowest BCUT2D eigenvalue weighted by Crippen LogP contribution is -2.42. The normalized spacial score (nSPS) is 30.4. The lowest BCUT2D eigenvalue weighted by Gasteiger charge is -2.27. The van der Waals surface area contributed by atoms with Gasteiger partial charge in [-0.25, -0.2) is 0 Å². The Hall–Kier alpha value is -1.62. The number of hydrogen-bond donors (Lipinski definition) is 1. The number of carbonyl (C=O) groups excluding carboxylic acids is 2. The van der Waals surface area contributed by atoms with E-state index in [4.69, 9.17) is 0 Å². The van der Waals surface area contributed by atoms with E-state index in [1.165, 1.54) is 0 Å². The predicted octanol–water partition coefficient (Wildman–Crippen LogP) is 1.58. The molecule has 0 aromatic heterocycles. The first-order chi connectivity index (χ1) is 9.56. The van der Waals surface area contributed by atoms with Gasteiger partial charge in [-0.3, -0.25) is 4.79 Å². The van der Waals surface area contributed by atoms with E-state index in [0.717, 1.165) is 10.9 Å². The van der Waals surface area contributed by atoms with Crippen LogP contribution in [0, 0.1) is 23.7 Å². The Morgan fingerprint density at radius 1 is 1.20 bits per heavy atom. The minimum absolute atomic E-state index is 0.00931. The molecule has 0 aliphatic heterocycles. The molecule has 1 amide bonds. The quantitative estimate of drug-likeness (QED) is 0.853. The molecule has 0 saturated heterocycles. The number of allylic oxidation sites excluding steroid dienone is 2. The first kappa shape index (κ1) is 13.4. The van der Waals surface area contributed by atoms with E-state index in [1.54, 1.807) is 12.1 Å². The van der Waals surface area contributed by atoms with Crippen molar-refractivity contribution in [3.05, 3.63) is 40.9 Å². The van der Waals surface area contributed by atoms with Gasteiger partial charge in [0.15, 0.2) is 0 Å². The number of aliphatic carboxylic acids is 1. The van der Waals surface area contributed by atoms with Crippen LogP contribution in [0.1, 0.15) is 6.42 Å². The topological polar surface area (TPSA) is 69.2 Å². The van der Waals surface area contributed by atoms with E-state index in [0.29, 0.717) is 5.69 Å². The molecule has 2 bridgehead atoms. The summed E-state index contributed by atoms with van der Waals surface area (Å²) in [5.41, 5.74) is 0.660. The molecule has 2 aliphatic carbocycles. The van der Waals surface area contributed by atoms with Crippen LogP contribution < -0.4 is 10.4 Å². The van der Waals surface area contributed by atoms with Gasteiger partial charge in [-0.2, -0.15) is 0 Å². The van der Waals surface area contributed by atoms with E-state index >= 15 is 0 Å². The van der Waals surface area contributed by atoms with E-state index in [2.05, 4.69) is 21.2 Å². The Labute approximate surface area is 125 Å². The molecular weight excluding hydrogens is 322 g/mol. The van der Waals surface area contributed by atoms with Gasteiger partial charge in [0.25, 0.3) is 0 Å². The number of rotatable bonds is 3. The molecule has 0 spiro atoms. The van der Waals surface area contributed by atoms with Crippen LogP contribution >= 0.6 is 15.9 Å². The molecule has 0 radical (unpaired) electrons. The summed E-state index contributed by atoms with van der Waals surface area (Å²) in [6.45, 7) is 0. The number of carboxylic acids is 1. The average Bonchev–Trinajstić information content (AvgIpc) is 2.98. The summed E-state index contributed by atoms with van der Waals surface area (Å²) in [6, 6.07) is 7.24. The van der Waals surface area contributed by atoms with Crippen LogP contribution in [0.4, 0.5) is 5.69 Å². The van der Waals surface area contributed by atoms with Gasteiger partial charge in [-0.15, -0.1) is 0 Å². The van der Waals surface area contributed by atoms with Crippen molar-refractivity contribution in [1.82, 2.24) is 0 Å². The van der Waals surface area contributed by atoms with Crippen molar-refractivity contribution in [3.63, 3.8) is 0 Å². The highest BCUT2D eigenvalue weighted by Crippen LogP contribution is 2.48. The summed E-state index contributed by atoms with van der Waals surface area (Å²) >= 11 is 3.34. The van der Waals surface area contributed by atoms with Crippen LogP contribution in [0.2, 0.25) is 0 Å². The first-order valence-corrected chi connectivity index (χ1v) is 7.31. The number of hydrogen-bond acceptors (Lipinski definition) is 3. The summed E-state index contributed by atoms with van der Waals surface area (Å²) in [4.78, 5) is 23.7. The van der Waals surface area contributed by atoms with Crippen LogP contribution in [0.5, 0.6) is 0 Å². The van der Waals surface area contributed by atoms with Gasteiger partial charge in [0.05, 0.1) is 5.92 Å². The number of carboxylic acid groups (broad SMARTS) is 1. The summed E-state index contributed by atoms with van der Waals surface area (Å²) in [6.07, 6.45) is 4.58. The summed E-state index contributed by atoms with van der Waals surface area (Å²) in [5.74, 6) is -2.67. The Kier molecular flexibility index (Phi) is 3.38. The van der Waals surface area contributed by atoms with Crippen molar-refractivity contribution in [2.24, 2.45) is 23.7 Å². The van der Waals surface area contributed by atoms with Gasteiger partial charge in [0.2, 0.25) is 5.91 Å². The molecule has 20 heavy (non-hydrogen) atoms. The smallest absolute Gasteiger partial charge is 0.228 e. The fourth-order valence-corrected chi connectivity index (χ4v) is 3.69. The van der Waals surface area contributed by atoms with Gasteiger partial charge < -0.3 is 15.2 Å². The summed E-state index contributed by atoms with van der Waals surface area (Å²) in [7, 11) is 0. The van der Waals surface area contributed by atoms with Gasteiger partial charge >= 0.3 is 0 Å². The fraction of sp³-hybridized carbons (Fsp3) is 0.333. The Morgan fingerprint density at radius 2 is 1.90 bits per heavy atom. The number of anilines is 1. The lowest BCUT2D eigenvalue weighted by atomic mass is 9.82. The van der Waals surface area contributed by atoms with Crippen LogP contribution in [0.3, 0.4) is 0 Å². The fourth-order valence-electron chi connectivity index (χ4n) is 3.29. The highest BCUT2D eigenvalue weighted by molar-refractivity contribution is 9.10. The van der Waals surface area contributed by atoms with Crippen molar-refractivity contribution < 1.29 is 14.7 Å². The van der Waals surface area contributed by atoms with Gasteiger partial charge in [0, 0.05) is 22.0 Å².